The van der Waals surface area contributed by atoms with Crippen molar-refractivity contribution in [3.8, 4) is 0 Å². The molecule has 0 bridgehead atoms. The fourth-order valence-corrected chi connectivity index (χ4v) is 6.24. The predicted molar refractivity (Wildman–Crippen MR) is 92.2 cm³/mol. The van der Waals surface area contributed by atoms with Gasteiger partial charge in [0.1, 0.15) is 0 Å². The summed E-state index contributed by atoms with van der Waals surface area (Å²) in [6, 6.07) is 0. The van der Waals surface area contributed by atoms with Crippen LogP contribution in [0.15, 0.2) is 24.3 Å². The van der Waals surface area contributed by atoms with Crippen LogP contribution in [0.25, 0.3) is 0 Å². The molecular weight excluding hydrogens is 252 g/mol. The van der Waals surface area contributed by atoms with Gasteiger partial charge in [0.2, 0.25) is 0 Å². The fraction of sp³-hybridized carbons (Fsp3) is 0.810. The van der Waals surface area contributed by atoms with Gasteiger partial charge in [0.25, 0.3) is 0 Å². The zero-order valence-electron chi connectivity index (χ0n) is 14.7. The molecule has 3 rings (SSSR count). The summed E-state index contributed by atoms with van der Waals surface area (Å²) in [6.45, 7) is 14.1. The summed E-state index contributed by atoms with van der Waals surface area (Å²) in [5.41, 5.74) is 3.20. The van der Waals surface area contributed by atoms with E-state index in [1.807, 2.05) is 0 Å². The van der Waals surface area contributed by atoms with Gasteiger partial charge in [-0.1, -0.05) is 58.3 Å². The molecule has 0 unspecified atom stereocenters. The monoisotopic (exact) mass is 286 g/mol. The summed E-state index contributed by atoms with van der Waals surface area (Å²) in [5.74, 6) is 1.80. The van der Waals surface area contributed by atoms with E-state index in [1.165, 1.54) is 51.4 Å². The lowest BCUT2D eigenvalue weighted by Crippen LogP contribution is -2.51. The van der Waals surface area contributed by atoms with E-state index in [2.05, 4.69) is 46.4 Å². The van der Waals surface area contributed by atoms with Crippen molar-refractivity contribution in [2.75, 3.05) is 0 Å². The van der Waals surface area contributed by atoms with E-state index in [0.29, 0.717) is 10.8 Å². The summed E-state index contributed by atoms with van der Waals surface area (Å²) in [6.07, 6.45) is 16.0. The molecule has 118 valence electrons. The molecule has 21 heavy (non-hydrogen) atoms. The Bertz CT molecular complexity index is 459. The highest BCUT2D eigenvalue weighted by atomic mass is 14.6. The van der Waals surface area contributed by atoms with Crippen molar-refractivity contribution in [1.82, 2.24) is 0 Å². The molecule has 0 saturated heterocycles. The van der Waals surface area contributed by atoms with E-state index in [9.17, 15) is 0 Å². The maximum atomic E-state index is 4.08. The third-order valence-electron chi connectivity index (χ3n) is 7.83. The zero-order valence-corrected chi connectivity index (χ0v) is 14.7. The van der Waals surface area contributed by atoms with Crippen molar-refractivity contribution in [3.05, 3.63) is 24.3 Å². The normalized spacial score (nSPS) is 49.8. The Morgan fingerprint density at radius 2 is 1.95 bits per heavy atom. The molecule has 0 aromatic carbocycles. The van der Waals surface area contributed by atoms with Crippen LogP contribution in [0.3, 0.4) is 0 Å². The zero-order chi connectivity index (χ0) is 15.3. The van der Waals surface area contributed by atoms with Crippen molar-refractivity contribution >= 4 is 0 Å². The summed E-state index contributed by atoms with van der Waals surface area (Å²) in [4.78, 5) is 0. The quantitative estimate of drug-likeness (QED) is 0.506. The minimum atomic E-state index is 0.262. The molecule has 0 aromatic rings. The minimum Gasteiger partial charge on any atom is -0.102 e. The van der Waals surface area contributed by atoms with Crippen molar-refractivity contribution < 1.29 is 0 Å². The summed E-state index contributed by atoms with van der Waals surface area (Å²) in [7, 11) is 0. The Morgan fingerprint density at radius 1 is 1.19 bits per heavy atom. The molecule has 0 aliphatic heterocycles. The van der Waals surface area contributed by atoms with Crippen molar-refractivity contribution in [2.45, 2.75) is 79.1 Å². The maximum Gasteiger partial charge on any atom is 0.00330 e. The number of hydrogen-bond acceptors (Lipinski definition) is 0. The van der Waals surface area contributed by atoms with Gasteiger partial charge in [-0.3, -0.25) is 0 Å². The van der Waals surface area contributed by atoms with Crippen molar-refractivity contribution in [2.24, 2.45) is 28.1 Å². The van der Waals surface area contributed by atoms with Gasteiger partial charge in [-0.2, -0.15) is 0 Å². The maximum absolute atomic E-state index is 4.08. The second-order valence-electron chi connectivity index (χ2n) is 8.98. The molecule has 3 aliphatic carbocycles. The third-order valence-corrected chi connectivity index (χ3v) is 7.83. The highest BCUT2D eigenvalue weighted by Gasteiger charge is 2.54. The predicted octanol–water partition coefficient (Wildman–Crippen LogP) is 6.53. The van der Waals surface area contributed by atoms with E-state index in [-0.39, 0.29) is 5.41 Å². The van der Waals surface area contributed by atoms with Crippen LogP contribution in [0.4, 0.5) is 0 Å². The highest BCUT2D eigenvalue weighted by molar-refractivity contribution is 5.26. The molecule has 0 aromatic heterocycles. The van der Waals surface area contributed by atoms with E-state index in [4.69, 9.17) is 0 Å². The van der Waals surface area contributed by atoms with Gasteiger partial charge in [0.15, 0.2) is 0 Å². The molecule has 0 N–H and O–H groups in total. The number of hydrogen-bond donors (Lipinski definition) is 0. The van der Waals surface area contributed by atoms with Gasteiger partial charge in [-0.25, -0.2) is 0 Å². The van der Waals surface area contributed by atoms with E-state index in [0.717, 1.165) is 11.8 Å². The molecule has 0 amide bonds. The first-order valence-corrected chi connectivity index (χ1v) is 9.22. The summed E-state index contributed by atoms with van der Waals surface area (Å²) < 4.78 is 0. The standard InChI is InChI=1S/C21H34/c1-6-19(3)14-11-17-16(15-19)9-10-18-20(4,7-2)12-8-13-21(17,18)5/h6,15,17-18H,1,7-14H2,2-5H3/t17-,18-,19+,20+,21+/m0/s1. The van der Waals surface area contributed by atoms with Gasteiger partial charge in [0.05, 0.1) is 0 Å². The van der Waals surface area contributed by atoms with Crippen LogP contribution >= 0.6 is 0 Å². The number of allylic oxidation sites excluding steroid dienone is 3. The van der Waals surface area contributed by atoms with Crippen molar-refractivity contribution in [1.29, 1.82) is 0 Å². The Balaban J connectivity index is 1.96. The van der Waals surface area contributed by atoms with Gasteiger partial charge in [0, 0.05) is 5.41 Å². The second kappa shape index (κ2) is 5.00. The lowest BCUT2D eigenvalue weighted by molar-refractivity contribution is -0.0692. The van der Waals surface area contributed by atoms with E-state index < -0.39 is 0 Å². The lowest BCUT2D eigenvalue weighted by atomic mass is 9.45. The van der Waals surface area contributed by atoms with Gasteiger partial charge in [-0.05, 0) is 61.2 Å². The summed E-state index contributed by atoms with van der Waals surface area (Å²) in [5, 5.41) is 0. The smallest absolute Gasteiger partial charge is 0.00330 e. The van der Waals surface area contributed by atoms with Crippen LogP contribution in [-0.4, -0.2) is 0 Å². The average Bonchev–Trinajstić information content (AvgIpc) is 2.46. The molecule has 2 fully saturated rings. The van der Waals surface area contributed by atoms with Gasteiger partial charge < -0.3 is 0 Å². The molecule has 3 aliphatic rings. The number of fused-ring (bicyclic) bond motifs is 3. The topological polar surface area (TPSA) is 0 Å². The first-order valence-electron chi connectivity index (χ1n) is 9.22. The van der Waals surface area contributed by atoms with Crippen LogP contribution in [-0.2, 0) is 0 Å². The SMILES string of the molecule is C=C[C@@]1(C)C=C2CC[C@H]3[C@](C)(CC)CCC[C@]3(C)[C@H]2CC1. The number of rotatable bonds is 2. The van der Waals surface area contributed by atoms with E-state index >= 15 is 0 Å². The lowest BCUT2D eigenvalue weighted by Gasteiger charge is -2.60. The Morgan fingerprint density at radius 3 is 2.62 bits per heavy atom. The van der Waals surface area contributed by atoms with Crippen LogP contribution in [0.5, 0.6) is 0 Å². The first kappa shape index (κ1) is 15.4. The first-order chi connectivity index (χ1) is 9.87. The average molecular weight is 287 g/mol. The van der Waals surface area contributed by atoms with Crippen LogP contribution in [0, 0.1) is 28.1 Å². The Hall–Kier alpha value is -0.520. The Kier molecular flexibility index (Phi) is 3.66. The van der Waals surface area contributed by atoms with Gasteiger partial charge in [-0.15, -0.1) is 6.58 Å². The largest absolute Gasteiger partial charge is 0.102 e. The van der Waals surface area contributed by atoms with E-state index in [1.54, 1.807) is 5.57 Å². The second-order valence-corrected chi connectivity index (χ2v) is 8.98. The molecule has 5 atom stereocenters. The molecule has 2 saturated carbocycles. The fourth-order valence-electron chi connectivity index (χ4n) is 6.24. The van der Waals surface area contributed by atoms with Crippen molar-refractivity contribution in [3.63, 3.8) is 0 Å². The van der Waals surface area contributed by atoms with Crippen LogP contribution in [0.1, 0.15) is 79.1 Å². The molecule has 0 nitrogen and oxygen atoms in total. The highest BCUT2D eigenvalue weighted by Crippen LogP contribution is 2.64. The molecule has 0 heterocycles. The molecule has 0 heteroatoms. The molecule has 0 radical (unpaired) electrons. The van der Waals surface area contributed by atoms with Crippen LogP contribution in [0.2, 0.25) is 0 Å². The van der Waals surface area contributed by atoms with Crippen LogP contribution < -0.4 is 0 Å². The molecule has 0 spiro atoms. The third kappa shape index (κ3) is 2.25. The Labute approximate surface area is 132 Å². The molecular formula is C21H34. The van der Waals surface area contributed by atoms with Gasteiger partial charge >= 0.3 is 0 Å². The minimum absolute atomic E-state index is 0.262. The summed E-state index contributed by atoms with van der Waals surface area (Å²) >= 11 is 0.